The molecular weight excluding hydrogens is 304 g/mol. The molecule has 2 N–H and O–H groups in total. The number of aromatic nitrogens is 1. The van der Waals surface area contributed by atoms with Crippen molar-refractivity contribution in [2.75, 3.05) is 20.7 Å². The lowest BCUT2D eigenvalue weighted by Gasteiger charge is -2.11. The largest absolute Gasteiger partial charge is 0.497 e. The molecular formula is C18H26N4O2. The lowest BCUT2D eigenvalue weighted by molar-refractivity contribution is 0.372. The van der Waals surface area contributed by atoms with Gasteiger partial charge in [0, 0.05) is 19.7 Å². The minimum Gasteiger partial charge on any atom is -0.497 e. The van der Waals surface area contributed by atoms with Gasteiger partial charge in [0.1, 0.15) is 5.75 Å². The molecule has 0 bridgehead atoms. The van der Waals surface area contributed by atoms with Gasteiger partial charge in [0.2, 0.25) is 0 Å². The minimum atomic E-state index is 0.364. The number of guanidine groups is 1. The third kappa shape index (κ3) is 5.30. The van der Waals surface area contributed by atoms with Crippen molar-refractivity contribution in [2.45, 2.75) is 32.7 Å². The molecule has 0 amide bonds. The Balaban J connectivity index is 1.77. The van der Waals surface area contributed by atoms with Gasteiger partial charge in [-0.3, -0.25) is 4.99 Å². The van der Waals surface area contributed by atoms with Crippen molar-refractivity contribution in [3.05, 3.63) is 47.3 Å². The lowest BCUT2D eigenvalue weighted by atomic mass is 10.1. The molecule has 0 unspecified atom stereocenters. The lowest BCUT2D eigenvalue weighted by Crippen LogP contribution is -2.37. The molecule has 0 aliphatic rings. The van der Waals surface area contributed by atoms with Crippen LogP contribution in [0.3, 0.4) is 0 Å². The molecule has 0 spiro atoms. The Morgan fingerprint density at radius 1 is 1.29 bits per heavy atom. The van der Waals surface area contributed by atoms with Crippen molar-refractivity contribution in [3.8, 4) is 5.75 Å². The molecule has 0 saturated carbocycles. The van der Waals surface area contributed by atoms with Crippen LogP contribution in [0.4, 0.5) is 0 Å². The molecule has 0 aliphatic heterocycles. The summed E-state index contributed by atoms with van der Waals surface area (Å²) in [5.41, 5.74) is 2.18. The van der Waals surface area contributed by atoms with Gasteiger partial charge in [-0.1, -0.05) is 31.1 Å². The van der Waals surface area contributed by atoms with E-state index in [1.807, 2.05) is 24.3 Å². The van der Waals surface area contributed by atoms with E-state index in [-0.39, 0.29) is 0 Å². The Morgan fingerprint density at radius 3 is 2.79 bits per heavy atom. The van der Waals surface area contributed by atoms with Crippen LogP contribution in [0.5, 0.6) is 5.75 Å². The summed E-state index contributed by atoms with van der Waals surface area (Å²) in [4.78, 5) is 4.22. The topological polar surface area (TPSA) is 71.7 Å². The van der Waals surface area contributed by atoms with Crippen molar-refractivity contribution in [3.63, 3.8) is 0 Å². The molecule has 0 atom stereocenters. The molecule has 1 aromatic heterocycles. The van der Waals surface area contributed by atoms with Crippen LogP contribution in [0.15, 0.2) is 39.8 Å². The number of hydrogen-bond donors (Lipinski definition) is 2. The highest BCUT2D eigenvalue weighted by molar-refractivity contribution is 5.79. The molecule has 2 aromatic rings. The summed E-state index contributed by atoms with van der Waals surface area (Å²) in [7, 11) is 3.43. The molecule has 0 radical (unpaired) electrons. The molecule has 2 rings (SSSR count). The van der Waals surface area contributed by atoms with E-state index in [0.29, 0.717) is 12.5 Å². The number of methoxy groups -OCH3 is 1. The van der Waals surface area contributed by atoms with Crippen LogP contribution in [0.2, 0.25) is 0 Å². The van der Waals surface area contributed by atoms with E-state index in [0.717, 1.165) is 36.1 Å². The zero-order valence-electron chi connectivity index (χ0n) is 14.8. The van der Waals surface area contributed by atoms with E-state index in [1.165, 1.54) is 5.56 Å². The van der Waals surface area contributed by atoms with Gasteiger partial charge in [0.25, 0.3) is 0 Å². The smallest absolute Gasteiger partial charge is 0.191 e. The Bertz CT molecular complexity index is 665. The quantitative estimate of drug-likeness (QED) is 0.603. The summed E-state index contributed by atoms with van der Waals surface area (Å²) in [6, 6.07) is 10.0. The predicted molar refractivity (Wildman–Crippen MR) is 95.5 cm³/mol. The maximum atomic E-state index is 5.31. The number of nitrogens with zero attached hydrogens (tertiary/aromatic N) is 2. The molecule has 1 aromatic carbocycles. The van der Waals surface area contributed by atoms with Crippen molar-refractivity contribution in [1.29, 1.82) is 0 Å². The first-order valence-corrected chi connectivity index (χ1v) is 8.15. The molecule has 6 nitrogen and oxygen atoms in total. The molecule has 130 valence electrons. The highest BCUT2D eigenvalue weighted by atomic mass is 16.5. The van der Waals surface area contributed by atoms with Crippen LogP contribution in [-0.2, 0) is 13.0 Å². The Hall–Kier alpha value is -2.50. The highest BCUT2D eigenvalue weighted by Crippen LogP contribution is 2.14. The average Bonchev–Trinajstić information content (AvgIpc) is 3.07. The maximum Gasteiger partial charge on any atom is 0.191 e. The maximum absolute atomic E-state index is 5.31. The highest BCUT2D eigenvalue weighted by Gasteiger charge is 2.08. The number of aliphatic imine (C=N–C) groups is 1. The van der Waals surface area contributed by atoms with Gasteiger partial charge in [-0.15, -0.1) is 0 Å². The summed E-state index contributed by atoms with van der Waals surface area (Å²) in [6.45, 7) is 5.52. The molecule has 0 saturated heterocycles. The fraction of sp³-hybridized carbons (Fsp3) is 0.444. The Morgan fingerprint density at radius 2 is 2.12 bits per heavy atom. The van der Waals surface area contributed by atoms with E-state index in [2.05, 4.69) is 40.7 Å². The zero-order valence-corrected chi connectivity index (χ0v) is 14.8. The SMILES string of the molecule is CN=C(NCCc1cccc(OC)c1)NCc1cc(C(C)C)no1. The number of hydrogen-bond acceptors (Lipinski definition) is 4. The average molecular weight is 330 g/mol. The first-order chi connectivity index (χ1) is 11.6. The second kappa shape index (κ2) is 8.96. The molecule has 1 heterocycles. The summed E-state index contributed by atoms with van der Waals surface area (Å²) in [5.74, 6) is 2.78. The van der Waals surface area contributed by atoms with E-state index in [1.54, 1.807) is 14.2 Å². The monoisotopic (exact) mass is 330 g/mol. The third-order valence-corrected chi connectivity index (χ3v) is 3.66. The minimum absolute atomic E-state index is 0.364. The Labute approximate surface area is 143 Å². The van der Waals surface area contributed by atoms with Gasteiger partial charge in [0.15, 0.2) is 11.7 Å². The number of rotatable bonds is 7. The van der Waals surface area contributed by atoms with Crippen LogP contribution < -0.4 is 15.4 Å². The van der Waals surface area contributed by atoms with Gasteiger partial charge in [-0.2, -0.15) is 0 Å². The van der Waals surface area contributed by atoms with Crippen LogP contribution in [0.1, 0.15) is 36.8 Å². The van der Waals surface area contributed by atoms with Crippen molar-refractivity contribution in [2.24, 2.45) is 4.99 Å². The predicted octanol–water partition coefficient (Wildman–Crippen LogP) is 2.71. The molecule has 0 aliphatic carbocycles. The standard InChI is InChI=1S/C18H26N4O2/c1-13(2)17-11-16(24-22-17)12-21-18(19-3)20-9-8-14-6-5-7-15(10-14)23-4/h5-7,10-11,13H,8-9,12H2,1-4H3,(H2,19,20,21). The fourth-order valence-electron chi connectivity index (χ4n) is 2.23. The van der Waals surface area contributed by atoms with Crippen molar-refractivity contribution in [1.82, 2.24) is 15.8 Å². The molecule has 6 heteroatoms. The van der Waals surface area contributed by atoms with E-state index >= 15 is 0 Å². The number of ether oxygens (including phenoxy) is 1. The second-order valence-corrected chi connectivity index (χ2v) is 5.83. The molecule has 24 heavy (non-hydrogen) atoms. The summed E-state index contributed by atoms with van der Waals surface area (Å²) >= 11 is 0. The fourth-order valence-corrected chi connectivity index (χ4v) is 2.23. The summed E-state index contributed by atoms with van der Waals surface area (Å²) in [6.07, 6.45) is 0.887. The second-order valence-electron chi connectivity index (χ2n) is 5.83. The van der Waals surface area contributed by atoms with Gasteiger partial charge in [-0.05, 0) is 30.0 Å². The van der Waals surface area contributed by atoms with Crippen LogP contribution in [0.25, 0.3) is 0 Å². The molecule has 0 fully saturated rings. The van der Waals surface area contributed by atoms with Gasteiger partial charge in [0.05, 0.1) is 19.3 Å². The van der Waals surface area contributed by atoms with Crippen LogP contribution in [-0.4, -0.2) is 31.8 Å². The van der Waals surface area contributed by atoms with Gasteiger partial charge < -0.3 is 19.9 Å². The zero-order chi connectivity index (χ0) is 17.4. The first-order valence-electron chi connectivity index (χ1n) is 8.15. The number of nitrogens with one attached hydrogen (secondary N) is 2. The van der Waals surface area contributed by atoms with Crippen LogP contribution >= 0.6 is 0 Å². The van der Waals surface area contributed by atoms with Crippen molar-refractivity contribution >= 4 is 5.96 Å². The van der Waals surface area contributed by atoms with Gasteiger partial charge in [-0.25, -0.2) is 0 Å². The summed E-state index contributed by atoms with van der Waals surface area (Å²) < 4.78 is 10.5. The summed E-state index contributed by atoms with van der Waals surface area (Å²) in [5, 5.41) is 10.6. The van der Waals surface area contributed by atoms with E-state index in [4.69, 9.17) is 9.26 Å². The normalized spacial score (nSPS) is 11.6. The van der Waals surface area contributed by atoms with E-state index in [9.17, 15) is 0 Å². The first kappa shape index (κ1) is 17.8. The van der Waals surface area contributed by atoms with Crippen molar-refractivity contribution < 1.29 is 9.26 Å². The van der Waals surface area contributed by atoms with Gasteiger partial charge >= 0.3 is 0 Å². The number of benzene rings is 1. The van der Waals surface area contributed by atoms with E-state index < -0.39 is 0 Å². The third-order valence-electron chi connectivity index (χ3n) is 3.66. The Kier molecular flexibility index (Phi) is 6.66. The van der Waals surface area contributed by atoms with Crippen LogP contribution in [0, 0.1) is 0 Å².